The van der Waals surface area contributed by atoms with E-state index in [4.69, 9.17) is 5.26 Å². The van der Waals surface area contributed by atoms with Gasteiger partial charge in [-0.05, 0) is 49.4 Å². The summed E-state index contributed by atoms with van der Waals surface area (Å²) in [5.41, 5.74) is -0.747. The smallest absolute Gasteiger partial charge is 0.372 e. The molecule has 0 saturated carbocycles. The molecule has 0 unspecified atom stereocenters. The fraction of sp³-hybridized carbons (Fsp3) is 0.579. The number of nitrogens with one attached hydrogen (secondary N) is 2. The van der Waals surface area contributed by atoms with Gasteiger partial charge in [0, 0.05) is 32.4 Å². The summed E-state index contributed by atoms with van der Waals surface area (Å²) in [7, 11) is 1.64. The highest BCUT2D eigenvalue weighted by Crippen LogP contribution is 2.37. The molecule has 1 amide bonds. The van der Waals surface area contributed by atoms with E-state index in [1.807, 2.05) is 4.90 Å². The highest BCUT2D eigenvalue weighted by atomic mass is 19.4. The van der Waals surface area contributed by atoms with E-state index < -0.39 is 11.7 Å². The zero-order valence-corrected chi connectivity index (χ0v) is 15.1. The lowest BCUT2D eigenvalue weighted by Crippen LogP contribution is -2.41. The van der Waals surface area contributed by atoms with Gasteiger partial charge in [0.05, 0.1) is 23.1 Å². The van der Waals surface area contributed by atoms with E-state index in [1.165, 1.54) is 6.07 Å². The summed E-state index contributed by atoms with van der Waals surface area (Å²) in [5.74, 6) is 0.644. The predicted molar refractivity (Wildman–Crippen MR) is 95.0 cm³/mol. The van der Waals surface area contributed by atoms with Crippen LogP contribution in [0.2, 0.25) is 0 Å². The molecule has 2 heterocycles. The van der Waals surface area contributed by atoms with E-state index in [0.717, 1.165) is 25.5 Å². The van der Waals surface area contributed by atoms with Crippen molar-refractivity contribution in [3.8, 4) is 6.07 Å². The van der Waals surface area contributed by atoms with Gasteiger partial charge in [0.2, 0.25) is 5.91 Å². The molecule has 3 rings (SSSR count). The van der Waals surface area contributed by atoms with Crippen molar-refractivity contribution in [2.45, 2.75) is 19.0 Å². The van der Waals surface area contributed by atoms with Crippen molar-refractivity contribution >= 4 is 11.6 Å². The van der Waals surface area contributed by atoms with Crippen LogP contribution in [-0.4, -0.2) is 39.1 Å². The number of amides is 1. The third-order valence-electron chi connectivity index (χ3n) is 5.78. The minimum absolute atomic E-state index is 0.0432. The van der Waals surface area contributed by atoms with Crippen molar-refractivity contribution in [2.24, 2.45) is 17.8 Å². The topological polar surface area (TPSA) is 68.2 Å². The average Bonchev–Trinajstić information content (AvgIpc) is 3.16. The van der Waals surface area contributed by atoms with E-state index in [-0.39, 0.29) is 23.3 Å². The van der Waals surface area contributed by atoms with Gasteiger partial charge in [-0.25, -0.2) is 0 Å². The molecule has 2 aliphatic heterocycles. The van der Waals surface area contributed by atoms with Crippen LogP contribution in [0.5, 0.6) is 0 Å². The molecule has 146 valence electrons. The number of carbonyl (C=O) groups excluding carboxylic acids is 1. The minimum Gasteiger partial charge on any atom is -0.372 e. The Labute approximate surface area is 156 Å². The Morgan fingerprint density at radius 3 is 2.59 bits per heavy atom. The molecular formula is C19H23F3N4O. The second kappa shape index (κ2) is 7.77. The molecule has 0 aromatic heterocycles. The summed E-state index contributed by atoms with van der Waals surface area (Å²) in [5, 5.41) is 14.9. The summed E-state index contributed by atoms with van der Waals surface area (Å²) in [4.78, 5) is 14.0. The molecule has 0 radical (unpaired) electrons. The van der Waals surface area contributed by atoms with Crippen molar-refractivity contribution in [3.05, 3.63) is 29.3 Å². The molecular weight excluding hydrogens is 357 g/mol. The first-order valence-electron chi connectivity index (χ1n) is 9.13. The lowest BCUT2D eigenvalue weighted by Gasteiger charge is -2.37. The molecule has 2 fully saturated rings. The van der Waals surface area contributed by atoms with Crippen molar-refractivity contribution in [1.82, 2.24) is 10.6 Å². The summed E-state index contributed by atoms with van der Waals surface area (Å²) in [6, 6.07) is 5.51. The van der Waals surface area contributed by atoms with Crippen LogP contribution in [-0.2, 0) is 11.0 Å². The Kier molecular flexibility index (Phi) is 5.61. The molecule has 2 aliphatic rings. The number of anilines is 1. The third kappa shape index (κ3) is 4.03. The van der Waals surface area contributed by atoms with Crippen molar-refractivity contribution in [3.63, 3.8) is 0 Å². The maximum atomic E-state index is 13.2. The van der Waals surface area contributed by atoms with Crippen LogP contribution in [0.4, 0.5) is 18.9 Å². The number of nitriles is 1. The van der Waals surface area contributed by atoms with Gasteiger partial charge < -0.3 is 15.5 Å². The van der Waals surface area contributed by atoms with Crippen molar-refractivity contribution in [1.29, 1.82) is 5.26 Å². The normalized spacial score (nSPS) is 23.9. The fourth-order valence-corrected chi connectivity index (χ4v) is 4.31. The van der Waals surface area contributed by atoms with Crippen LogP contribution in [0, 0.1) is 29.1 Å². The molecule has 0 bridgehead atoms. The monoisotopic (exact) mass is 380 g/mol. The zero-order valence-electron chi connectivity index (χ0n) is 15.1. The Bertz CT molecular complexity index is 735. The van der Waals surface area contributed by atoms with E-state index in [0.29, 0.717) is 31.2 Å². The molecule has 0 aliphatic carbocycles. The van der Waals surface area contributed by atoms with Gasteiger partial charge in [0.1, 0.15) is 0 Å². The van der Waals surface area contributed by atoms with E-state index in [2.05, 4.69) is 10.6 Å². The first kappa shape index (κ1) is 19.5. The minimum atomic E-state index is -4.55. The van der Waals surface area contributed by atoms with Gasteiger partial charge in [0.15, 0.2) is 0 Å². The van der Waals surface area contributed by atoms with E-state index >= 15 is 0 Å². The highest BCUT2D eigenvalue weighted by Gasteiger charge is 2.39. The molecule has 2 saturated heterocycles. The van der Waals surface area contributed by atoms with Crippen LogP contribution in [0.15, 0.2) is 18.2 Å². The van der Waals surface area contributed by atoms with Gasteiger partial charge in [-0.3, -0.25) is 4.79 Å². The number of alkyl halides is 3. The number of halogens is 3. The summed E-state index contributed by atoms with van der Waals surface area (Å²) in [6.45, 7) is 2.77. The Hall–Kier alpha value is -2.27. The molecule has 1 aromatic carbocycles. The first-order valence-corrected chi connectivity index (χ1v) is 9.13. The summed E-state index contributed by atoms with van der Waals surface area (Å²) >= 11 is 0. The van der Waals surface area contributed by atoms with Crippen LogP contribution in [0.1, 0.15) is 24.0 Å². The molecule has 8 heteroatoms. The number of carbonyl (C=O) groups is 1. The Morgan fingerprint density at radius 1 is 1.30 bits per heavy atom. The lowest BCUT2D eigenvalue weighted by molar-refractivity contribution is -0.137. The molecule has 27 heavy (non-hydrogen) atoms. The number of rotatable bonds is 3. The standard InChI is InChI=1S/C19H23F3N4O/c1-24-18(27)16-11-25-10-15(16)12-4-6-26(7-5-12)14-3-2-13(9-23)17(8-14)19(20,21)22/h2-3,8,12,15-16,25H,4-7,10-11H2,1H3,(H,24,27)/t15-,16+/m0/s1. The van der Waals surface area contributed by atoms with Gasteiger partial charge in [-0.15, -0.1) is 0 Å². The Morgan fingerprint density at radius 2 is 2.00 bits per heavy atom. The third-order valence-corrected chi connectivity index (χ3v) is 5.78. The lowest BCUT2D eigenvalue weighted by atomic mass is 9.78. The van der Waals surface area contributed by atoms with E-state index in [9.17, 15) is 18.0 Å². The van der Waals surface area contributed by atoms with Crippen molar-refractivity contribution < 1.29 is 18.0 Å². The Balaban J connectivity index is 1.69. The largest absolute Gasteiger partial charge is 0.417 e. The van der Waals surface area contributed by atoms with Crippen molar-refractivity contribution in [2.75, 3.05) is 38.1 Å². The second-order valence-corrected chi connectivity index (χ2v) is 7.21. The van der Waals surface area contributed by atoms with Crippen LogP contribution in [0.25, 0.3) is 0 Å². The quantitative estimate of drug-likeness (QED) is 0.845. The summed E-state index contributed by atoms with van der Waals surface area (Å²) < 4.78 is 39.6. The molecule has 5 nitrogen and oxygen atoms in total. The van der Waals surface area contributed by atoms with Crippen LogP contribution >= 0.6 is 0 Å². The molecule has 2 atom stereocenters. The van der Waals surface area contributed by atoms with Gasteiger partial charge >= 0.3 is 6.18 Å². The maximum absolute atomic E-state index is 13.2. The van der Waals surface area contributed by atoms with Crippen LogP contribution in [0.3, 0.4) is 0 Å². The predicted octanol–water partition coefficient (Wildman–Crippen LogP) is 2.38. The zero-order chi connectivity index (χ0) is 19.6. The highest BCUT2D eigenvalue weighted by molar-refractivity contribution is 5.79. The maximum Gasteiger partial charge on any atom is 0.417 e. The van der Waals surface area contributed by atoms with Crippen LogP contribution < -0.4 is 15.5 Å². The number of hydrogen-bond donors (Lipinski definition) is 2. The first-order chi connectivity index (χ1) is 12.8. The number of piperidine rings is 1. The molecule has 2 N–H and O–H groups in total. The van der Waals surface area contributed by atoms with E-state index in [1.54, 1.807) is 19.2 Å². The molecule has 1 aromatic rings. The fourth-order valence-electron chi connectivity index (χ4n) is 4.31. The number of benzene rings is 1. The number of nitrogens with zero attached hydrogens (tertiary/aromatic N) is 2. The average molecular weight is 380 g/mol. The SMILES string of the molecule is CNC(=O)[C@@H]1CNC[C@H]1C1CCN(c2ccc(C#N)c(C(F)(F)F)c2)CC1. The second-order valence-electron chi connectivity index (χ2n) is 7.21. The van der Waals surface area contributed by atoms with Gasteiger partial charge in [-0.1, -0.05) is 0 Å². The number of hydrogen-bond acceptors (Lipinski definition) is 4. The summed E-state index contributed by atoms with van der Waals surface area (Å²) in [6.07, 6.45) is -2.88. The van der Waals surface area contributed by atoms with Gasteiger partial charge in [-0.2, -0.15) is 18.4 Å². The van der Waals surface area contributed by atoms with Gasteiger partial charge in [0.25, 0.3) is 0 Å². The molecule has 0 spiro atoms.